The van der Waals surface area contributed by atoms with Gasteiger partial charge < -0.3 is 9.47 Å². The minimum absolute atomic E-state index is 0.0896. The lowest BCUT2D eigenvalue weighted by Gasteiger charge is -2.21. The van der Waals surface area contributed by atoms with Gasteiger partial charge in [0.25, 0.3) is 0 Å². The van der Waals surface area contributed by atoms with Crippen LogP contribution in [0.25, 0.3) is 0 Å². The van der Waals surface area contributed by atoms with Crippen molar-refractivity contribution in [3.05, 3.63) is 23.8 Å². The van der Waals surface area contributed by atoms with Crippen LogP contribution in [0.1, 0.15) is 38.3 Å². The van der Waals surface area contributed by atoms with Gasteiger partial charge >= 0.3 is 0 Å². The summed E-state index contributed by atoms with van der Waals surface area (Å²) in [6.07, 6.45) is 7.57. The van der Waals surface area contributed by atoms with E-state index in [1.54, 1.807) is 14.2 Å². The summed E-state index contributed by atoms with van der Waals surface area (Å²) in [5, 5.41) is 3.44. The van der Waals surface area contributed by atoms with Gasteiger partial charge in [0.2, 0.25) is 0 Å². The largest absolute Gasteiger partial charge is 0.497 e. The van der Waals surface area contributed by atoms with Crippen LogP contribution < -0.4 is 14.8 Å². The van der Waals surface area contributed by atoms with Gasteiger partial charge in [0, 0.05) is 17.7 Å². The summed E-state index contributed by atoms with van der Waals surface area (Å²) in [4.78, 5) is 0. The van der Waals surface area contributed by atoms with Gasteiger partial charge in [-0.1, -0.05) is 25.3 Å². The molecule has 0 aromatic heterocycles. The van der Waals surface area contributed by atoms with Crippen molar-refractivity contribution in [1.82, 2.24) is 5.32 Å². The Kier molecular flexibility index (Phi) is 6.24. The molecule has 0 heterocycles. The average Bonchev–Trinajstić information content (AvgIpc) is 2.45. The van der Waals surface area contributed by atoms with Crippen molar-refractivity contribution in [2.45, 2.75) is 38.8 Å². The van der Waals surface area contributed by atoms with Gasteiger partial charge in [-0.15, -0.1) is 6.42 Å². The van der Waals surface area contributed by atoms with Crippen molar-refractivity contribution in [1.29, 1.82) is 0 Å². The molecule has 0 radical (unpaired) electrons. The van der Waals surface area contributed by atoms with Crippen LogP contribution in [0.3, 0.4) is 0 Å². The van der Waals surface area contributed by atoms with Crippen LogP contribution in [0.15, 0.2) is 18.2 Å². The molecule has 2 atom stereocenters. The van der Waals surface area contributed by atoms with E-state index in [1.807, 2.05) is 18.2 Å². The Balaban J connectivity index is 2.86. The predicted molar refractivity (Wildman–Crippen MR) is 78.6 cm³/mol. The van der Waals surface area contributed by atoms with Crippen molar-refractivity contribution < 1.29 is 9.47 Å². The van der Waals surface area contributed by atoms with Crippen LogP contribution in [-0.4, -0.2) is 20.3 Å². The molecular formula is C16H23NO2. The Labute approximate surface area is 116 Å². The summed E-state index contributed by atoms with van der Waals surface area (Å²) in [5.74, 6) is 4.39. The fourth-order valence-electron chi connectivity index (χ4n) is 2.07. The summed E-state index contributed by atoms with van der Waals surface area (Å²) < 4.78 is 10.6. The maximum absolute atomic E-state index is 5.54. The van der Waals surface area contributed by atoms with Crippen LogP contribution in [0.2, 0.25) is 0 Å². The van der Waals surface area contributed by atoms with Crippen molar-refractivity contribution in [2.75, 3.05) is 14.2 Å². The Bertz CT molecular complexity index is 437. The van der Waals surface area contributed by atoms with E-state index < -0.39 is 0 Å². The highest BCUT2D eigenvalue weighted by Gasteiger charge is 2.15. The zero-order valence-electron chi connectivity index (χ0n) is 12.2. The highest BCUT2D eigenvalue weighted by Crippen LogP contribution is 2.29. The Morgan fingerprint density at radius 1 is 1.32 bits per heavy atom. The van der Waals surface area contributed by atoms with Gasteiger partial charge in [-0.2, -0.15) is 0 Å². The van der Waals surface area contributed by atoms with E-state index in [1.165, 1.54) is 0 Å². The highest BCUT2D eigenvalue weighted by molar-refractivity contribution is 5.42. The van der Waals surface area contributed by atoms with Crippen LogP contribution >= 0.6 is 0 Å². The van der Waals surface area contributed by atoms with Gasteiger partial charge in [-0.25, -0.2) is 0 Å². The molecule has 0 saturated heterocycles. The topological polar surface area (TPSA) is 30.5 Å². The highest BCUT2D eigenvalue weighted by atomic mass is 16.5. The third-order valence-corrected chi connectivity index (χ3v) is 3.14. The smallest absolute Gasteiger partial charge is 0.127 e. The molecule has 1 N–H and O–H groups in total. The van der Waals surface area contributed by atoms with Gasteiger partial charge in [0.05, 0.1) is 20.3 Å². The first-order valence-corrected chi connectivity index (χ1v) is 6.60. The van der Waals surface area contributed by atoms with Crippen molar-refractivity contribution in [3.63, 3.8) is 0 Å². The molecule has 0 fully saturated rings. The van der Waals surface area contributed by atoms with Gasteiger partial charge in [-0.05, 0) is 19.4 Å². The maximum atomic E-state index is 5.54. The average molecular weight is 261 g/mol. The number of hydrogen-bond acceptors (Lipinski definition) is 3. The van der Waals surface area contributed by atoms with E-state index in [2.05, 4.69) is 25.1 Å². The first kappa shape index (κ1) is 15.4. The van der Waals surface area contributed by atoms with Crippen LogP contribution in [0, 0.1) is 12.3 Å². The minimum atomic E-state index is 0.0896. The van der Waals surface area contributed by atoms with E-state index in [4.69, 9.17) is 15.9 Å². The minimum Gasteiger partial charge on any atom is -0.497 e. The maximum Gasteiger partial charge on any atom is 0.127 e. The van der Waals surface area contributed by atoms with Crippen molar-refractivity contribution >= 4 is 0 Å². The summed E-state index contributed by atoms with van der Waals surface area (Å²) in [7, 11) is 3.31. The lowest BCUT2D eigenvalue weighted by molar-refractivity contribution is 0.383. The zero-order valence-corrected chi connectivity index (χ0v) is 12.2. The van der Waals surface area contributed by atoms with Crippen molar-refractivity contribution in [3.8, 4) is 23.8 Å². The quantitative estimate of drug-likeness (QED) is 0.765. The summed E-state index contributed by atoms with van der Waals surface area (Å²) >= 11 is 0. The molecule has 1 aromatic rings. The van der Waals surface area contributed by atoms with Gasteiger partial charge in [0.1, 0.15) is 11.5 Å². The third-order valence-electron chi connectivity index (χ3n) is 3.14. The number of ether oxygens (including phenoxy) is 2. The lowest BCUT2D eigenvalue weighted by Crippen LogP contribution is -2.30. The first-order chi connectivity index (χ1) is 9.15. The number of hydrogen-bond donors (Lipinski definition) is 1. The molecule has 0 spiro atoms. The predicted octanol–water partition coefficient (Wildman–Crippen LogP) is 3.16. The molecule has 0 bridgehead atoms. The molecule has 0 saturated carbocycles. The monoisotopic (exact) mass is 261 g/mol. The molecule has 19 heavy (non-hydrogen) atoms. The SMILES string of the molecule is C#CC(CCC)NC(C)c1ccc(OC)cc1OC. The summed E-state index contributed by atoms with van der Waals surface area (Å²) in [6.45, 7) is 4.22. The lowest BCUT2D eigenvalue weighted by atomic mass is 10.0. The van der Waals surface area contributed by atoms with Gasteiger partial charge in [-0.3, -0.25) is 5.32 Å². The number of terminal acetylenes is 1. The zero-order chi connectivity index (χ0) is 14.3. The van der Waals surface area contributed by atoms with E-state index in [0.717, 1.165) is 29.9 Å². The van der Waals surface area contributed by atoms with E-state index in [-0.39, 0.29) is 12.1 Å². The molecule has 0 aliphatic rings. The second kappa shape index (κ2) is 7.70. The Morgan fingerprint density at radius 2 is 2.05 bits per heavy atom. The van der Waals surface area contributed by atoms with E-state index in [0.29, 0.717) is 0 Å². The molecule has 3 nitrogen and oxygen atoms in total. The molecular weight excluding hydrogens is 238 g/mol. The second-order valence-electron chi connectivity index (χ2n) is 4.50. The van der Waals surface area contributed by atoms with Crippen LogP contribution in [0.5, 0.6) is 11.5 Å². The molecule has 0 aliphatic carbocycles. The molecule has 1 rings (SSSR count). The van der Waals surface area contributed by atoms with E-state index in [9.17, 15) is 0 Å². The van der Waals surface area contributed by atoms with E-state index >= 15 is 0 Å². The first-order valence-electron chi connectivity index (χ1n) is 6.60. The molecule has 1 aromatic carbocycles. The van der Waals surface area contributed by atoms with Gasteiger partial charge in [0.15, 0.2) is 0 Å². The van der Waals surface area contributed by atoms with Crippen LogP contribution in [0.4, 0.5) is 0 Å². The number of methoxy groups -OCH3 is 2. The standard InChI is InChI=1S/C16H23NO2/c1-6-8-13(7-2)17-12(3)15-10-9-14(18-4)11-16(15)19-5/h2,9-13,17H,6,8H2,1,3-5H3. The Hall–Kier alpha value is -1.66. The van der Waals surface area contributed by atoms with Crippen LogP contribution in [-0.2, 0) is 0 Å². The molecule has 0 amide bonds. The summed E-state index contributed by atoms with van der Waals surface area (Å²) in [6, 6.07) is 6.05. The number of nitrogens with one attached hydrogen (secondary N) is 1. The fourth-order valence-corrected chi connectivity index (χ4v) is 2.07. The second-order valence-corrected chi connectivity index (χ2v) is 4.50. The molecule has 0 aliphatic heterocycles. The summed E-state index contributed by atoms with van der Waals surface area (Å²) in [5.41, 5.74) is 1.08. The molecule has 104 valence electrons. The number of benzene rings is 1. The fraction of sp³-hybridized carbons (Fsp3) is 0.500. The Morgan fingerprint density at radius 3 is 2.58 bits per heavy atom. The third kappa shape index (κ3) is 4.18. The van der Waals surface area contributed by atoms with Crippen molar-refractivity contribution in [2.24, 2.45) is 0 Å². The molecule has 2 unspecified atom stereocenters. The normalized spacial score (nSPS) is 13.4. The number of rotatable bonds is 7. The molecule has 3 heteroatoms.